The van der Waals surface area contributed by atoms with Gasteiger partial charge in [0.15, 0.2) is 0 Å². The van der Waals surface area contributed by atoms with Crippen LogP contribution in [0.25, 0.3) is 6.08 Å². The van der Waals surface area contributed by atoms with Crippen molar-refractivity contribution in [3.63, 3.8) is 0 Å². The van der Waals surface area contributed by atoms with Crippen LogP contribution in [0.4, 0.5) is 5.69 Å². The predicted molar refractivity (Wildman–Crippen MR) is 111 cm³/mol. The highest BCUT2D eigenvalue weighted by Gasteiger charge is 2.14. The van der Waals surface area contributed by atoms with Crippen LogP contribution in [0.3, 0.4) is 0 Å². The molecule has 0 saturated carbocycles. The van der Waals surface area contributed by atoms with Crippen molar-refractivity contribution in [3.05, 3.63) is 74.2 Å². The highest BCUT2D eigenvalue weighted by molar-refractivity contribution is 9.11. The van der Waals surface area contributed by atoms with E-state index in [4.69, 9.17) is 16.3 Å². The topological polar surface area (TPSA) is 62.1 Å². The summed E-state index contributed by atoms with van der Waals surface area (Å²) in [6.07, 6.45) is 3.08. The van der Waals surface area contributed by atoms with Gasteiger partial charge in [-0.15, -0.1) is 0 Å². The minimum atomic E-state index is -0.541. The molecule has 1 amide bonds. The van der Waals surface area contributed by atoms with Gasteiger partial charge in [-0.2, -0.15) is 5.26 Å². The van der Waals surface area contributed by atoms with Crippen molar-refractivity contribution in [2.24, 2.45) is 0 Å². The summed E-state index contributed by atoms with van der Waals surface area (Å²) in [5.41, 5.74) is 1.01. The lowest BCUT2D eigenvalue weighted by Crippen LogP contribution is -2.13. The average Bonchev–Trinajstić information content (AvgIpc) is 2.58. The molecule has 0 atom stereocenters. The monoisotopic (exact) mass is 494 g/mol. The van der Waals surface area contributed by atoms with Crippen LogP contribution in [-0.4, -0.2) is 12.5 Å². The SMILES string of the molecule is C=CCOc1c(Br)cc(Br)cc1/C=C(\C#N)C(=O)Nc1cccc(Cl)c1. The van der Waals surface area contributed by atoms with Crippen molar-refractivity contribution in [2.75, 3.05) is 11.9 Å². The third-order valence-electron chi connectivity index (χ3n) is 3.13. The highest BCUT2D eigenvalue weighted by Crippen LogP contribution is 2.34. The van der Waals surface area contributed by atoms with Gasteiger partial charge in [-0.05, 0) is 52.3 Å². The number of carbonyl (C=O) groups is 1. The number of rotatable bonds is 6. The number of amides is 1. The summed E-state index contributed by atoms with van der Waals surface area (Å²) in [6, 6.07) is 12.2. The molecule has 0 spiro atoms. The van der Waals surface area contributed by atoms with E-state index in [0.29, 0.717) is 26.5 Å². The molecule has 0 aliphatic heterocycles. The molecule has 2 rings (SSSR count). The summed E-state index contributed by atoms with van der Waals surface area (Å²) in [5, 5.41) is 12.5. The lowest BCUT2D eigenvalue weighted by atomic mass is 10.1. The maximum atomic E-state index is 12.4. The summed E-state index contributed by atoms with van der Waals surface area (Å²) in [6.45, 7) is 3.91. The molecular weight excluding hydrogens is 483 g/mol. The van der Waals surface area contributed by atoms with Crippen LogP contribution in [0, 0.1) is 11.3 Å². The molecule has 132 valence electrons. The standard InChI is InChI=1S/C19H13Br2ClN2O2/c1-2-6-26-18-12(8-14(20)9-17(18)21)7-13(11-23)19(25)24-16-5-3-4-15(22)10-16/h2-5,7-10H,1,6H2,(H,24,25)/b13-7+. The number of nitrogens with zero attached hydrogens (tertiary/aromatic N) is 1. The van der Waals surface area contributed by atoms with Crippen molar-refractivity contribution in [1.29, 1.82) is 5.26 Å². The van der Waals surface area contributed by atoms with E-state index < -0.39 is 5.91 Å². The van der Waals surface area contributed by atoms with E-state index in [2.05, 4.69) is 43.8 Å². The third-order valence-corrected chi connectivity index (χ3v) is 4.41. The fourth-order valence-corrected chi connectivity index (χ4v) is 3.61. The molecule has 0 unspecified atom stereocenters. The summed E-state index contributed by atoms with van der Waals surface area (Å²) in [5.74, 6) is -0.0306. The zero-order valence-corrected chi connectivity index (χ0v) is 17.4. The van der Waals surface area contributed by atoms with Gasteiger partial charge in [-0.3, -0.25) is 4.79 Å². The number of nitrogens with one attached hydrogen (secondary N) is 1. The quantitative estimate of drug-likeness (QED) is 0.304. The van der Waals surface area contributed by atoms with E-state index in [1.165, 1.54) is 6.08 Å². The fraction of sp³-hybridized carbons (Fsp3) is 0.0526. The highest BCUT2D eigenvalue weighted by atomic mass is 79.9. The lowest BCUT2D eigenvalue weighted by Gasteiger charge is -2.11. The molecule has 0 saturated heterocycles. The Labute approximate surface area is 173 Å². The Morgan fingerprint density at radius 2 is 2.12 bits per heavy atom. The molecule has 2 aromatic carbocycles. The average molecular weight is 497 g/mol. The number of hydrogen-bond donors (Lipinski definition) is 1. The maximum Gasteiger partial charge on any atom is 0.266 e. The Balaban J connectivity index is 2.37. The van der Waals surface area contributed by atoms with Gasteiger partial charge in [0.2, 0.25) is 0 Å². The minimum absolute atomic E-state index is 0.0709. The van der Waals surface area contributed by atoms with E-state index in [1.54, 1.807) is 36.4 Å². The minimum Gasteiger partial charge on any atom is -0.488 e. The molecule has 7 heteroatoms. The maximum absolute atomic E-state index is 12.4. The number of nitriles is 1. The second-order valence-corrected chi connectivity index (χ2v) is 7.25. The number of hydrogen-bond acceptors (Lipinski definition) is 3. The van der Waals surface area contributed by atoms with Gasteiger partial charge in [0.25, 0.3) is 5.91 Å². The molecule has 0 bridgehead atoms. The van der Waals surface area contributed by atoms with Crippen molar-refractivity contribution in [1.82, 2.24) is 0 Å². The summed E-state index contributed by atoms with van der Waals surface area (Å²) >= 11 is 12.7. The van der Waals surface area contributed by atoms with Crippen molar-refractivity contribution < 1.29 is 9.53 Å². The van der Waals surface area contributed by atoms with Gasteiger partial charge in [-0.1, -0.05) is 46.3 Å². The van der Waals surface area contributed by atoms with Crippen LogP contribution >= 0.6 is 43.5 Å². The Morgan fingerprint density at radius 3 is 2.77 bits per heavy atom. The number of carbonyl (C=O) groups excluding carboxylic acids is 1. The first kappa shape index (κ1) is 20.2. The lowest BCUT2D eigenvalue weighted by molar-refractivity contribution is -0.112. The molecule has 26 heavy (non-hydrogen) atoms. The second-order valence-electron chi connectivity index (χ2n) is 5.04. The fourth-order valence-electron chi connectivity index (χ4n) is 2.05. The number of halogens is 3. The zero-order chi connectivity index (χ0) is 19.1. The number of anilines is 1. The summed E-state index contributed by atoms with van der Waals surface area (Å²) < 4.78 is 7.10. The van der Waals surface area contributed by atoms with Crippen LogP contribution in [0.5, 0.6) is 5.75 Å². The van der Waals surface area contributed by atoms with Gasteiger partial charge < -0.3 is 10.1 Å². The normalized spacial score (nSPS) is 10.8. The Morgan fingerprint density at radius 1 is 1.35 bits per heavy atom. The molecule has 0 fully saturated rings. The van der Waals surface area contributed by atoms with Gasteiger partial charge in [0.1, 0.15) is 24.0 Å². The van der Waals surface area contributed by atoms with Crippen molar-refractivity contribution >= 4 is 61.1 Å². The van der Waals surface area contributed by atoms with Gasteiger partial charge in [0.05, 0.1) is 4.47 Å². The largest absolute Gasteiger partial charge is 0.488 e. The van der Waals surface area contributed by atoms with Gasteiger partial charge >= 0.3 is 0 Å². The second kappa shape index (κ2) is 9.58. The Bertz CT molecular complexity index is 920. The number of ether oxygens (including phenoxy) is 1. The first-order valence-electron chi connectivity index (χ1n) is 7.36. The zero-order valence-electron chi connectivity index (χ0n) is 13.4. The molecular formula is C19H13Br2ClN2O2. The van der Waals surface area contributed by atoms with E-state index in [9.17, 15) is 10.1 Å². The Kier molecular flexibility index (Phi) is 7.46. The predicted octanol–water partition coefficient (Wildman–Crippen LogP) is 5.98. The van der Waals surface area contributed by atoms with E-state index in [1.807, 2.05) is 12.1 Å². The van der Waals surface area contributed by atoms with Crippen LogP contribution in [0.15, 0.2) is 63.6 Å². The molecule has 0 aromatic heterocycles. The van der Waals surface area contributed by atoms with Crippen molar-refractivity contribution in [3.8, 4) is 11.8 Å². The molecule has 0 aliphatic carbocycles. The van der Waals surface area contributed by atoms with Gasteiger partial charge in [0, 0.05) is 20.7 Å². The first-order chi connectivity index (χ1) is 12.4. The van der Waals surface area contributed by atoms with Crippen molar-refractivity contribution in [2.45, 2.75) is 0 Å². The third kappa shape index (κ3) is 5.46. The smallest absolute Gasteiger partial charge is 0.266 e. The van der Waals surface area contributed by atoms with Crippen LogP contribution < -0.4 is 10.1 Å². The molecule has 4 nitrogen and oxygen atoms in total. The van der Waals surface area contributed by atoms with Crippen LogP contribution in [0.1, 0.15) is 5.56 Å². The number of benzene rings is 2. The molecule has 0 aliphatic rings. The first-order valence-corrected chi connectivity index (χ1v) is 9.32. The van der Waals surface area contributed by atoms with Gasteiger partial charge in [-0.25, -0.2) is 0 Å². The molecule has 0 heterocycles. The van der Waals surface area contributed by atoms with E-state index in [-0.39, 0.29) is 12.2 Å². The summed E-state index contributed by atoms with van der Waals surface area (Å²) in [7, 11) is 0. The molecule has 0 radical (unpaired) electrons. The van der Waals surface area contributed by atoms with Crippen LogP contribution in [-0.2, 0) is 4.79 Å². The summed E-state index contributed by atoms with van der Waals surface area (Å²) in [4.78, 5) is 12.4. The molecule has 2 aromatic rings. The molecule has 1 N–H and O–H groups in total. The van der Waals surface area contributed by atoms with Crippen LogP contribution in [0.2, 0.25) is 5.02 Å². The Hall–Kier alpha value is -2.07. The van der Waals surface area contributed by atoms with E-state index in [0.717, 1.165) is 4.47 Å². The van der Waals surface area contributed by atoms with E-state index >= 15 is 0 Å².